The van der Waals surface area contributed by atoms with Gasteiger partial charge < -0.3 is 20.1 Å². The predicted octanol–water partition coefficient (Wildman–Crippen LogP) is 2.09. The second-order valence-corrected chi connectivity index (χ2v) is 8.93. The maximum Gasteiger partial charge on any atom is 0.270 e. The number of anilines is 1. The third-order valence-electron chi connectivity index (χ3n) is 6.60. The molecule has 2 amide bonds. The van der Waals surface area contributed by atoms with Crippen molar-refractivity contribution in [3.05, 3.63) is 42.2 Å². The minimum atomic E-state index is -0.137. The van der Waals surface area contributed by atoms with Crippen LogP contribution in [0.1, 0.15) is 54.8 Å². The zero-order valence-electron chi connectivity index (χ0n) is 18.9. The zero-order chi connectivity index (χ0) is 22.9. The summed E-state index contributed by atoms with van der Waals surface area (Å²) in [5, 5.41) is 6.57. The molecule has 3 aromatic heterocycles. The second-order valence-electron chi connectivity index (χ2n) is 8.93. The van der Waals surface area contributed by atoms with Crippen molar-refractivity contribution in [1.82, 2.24) is 34.7 Å². The number of rotatable bonds is 5. The van der Waals surface area contributed by atoms with Crippen LogP contribution in [0, 0.1) is 6.92 Å². The number of likely N-dealkylation sites (tertiary alicyclic amines) is 1. The number of nitrogens with zero attached hydrogens (tertiary/aromatic N) is 6. The number of nitrogens with one attached hydrogen (secondary N) is 2. The van der Waals surface area contributed by atoms with Crippen LogP contribution in [0.4, 0.5) is 5.82 Å². The number of fused-ring (bicyclic) bond motifs is 1. The molecular formula is C23H28N8O2. The molecule has 1 saturated heterocycles. The Balaban J connectivity index is 1.21. The van der Waals surface area contributed by atoms with Crippen LogP contribution in [0.25, 0.3) is 11.2 Å². The predicted molar refractivity (Wildman–Crippen MR) is 123 cm³/mol. The molecule has 10 nitrogen and oxygen atoms in total. The normalized spacial score (nSPS) is 21.0. The van der Waals surface area contributed by atoms with Gasteiger partial charge in [0.1, 0.15) is 17.5 Å². The molecule has 1 aliphatic heterocycles. The fraction of sp³-hybridized carbons (Fsp3) is 0.478. The smallest absolute Gasteiger partial charge is 0.270 e. The molecule has 3 aromatic rings. The molecule has 0 spiro atoms. The summed E-state index contributed by atoms with van der Waals surface area (Å²) in [6.07, 6.45) is 6.78. The molecule has 0 unspecified atom stereocenters. The zero-order valence-corrected chi connectivity index (χ0v) is 18.9. The summed E-state index contributed by atoms with van der Waals surface area (Å²) in [7, 11) is 0. The van der Waals surface area contributed by atoms with Gasteiger partial charge in [0.25, 0.3) is 5.91 Å². The summed E-state index contributed by atoms with van der Waals surface area (Å²) in [4.78, 5) is 43.7. The Morgan fingerprint density at radius 1 is 1.06 bits per heavy atom. The molecule has 2 fully saturated rings. The van der Waals surface area contributed by atoms with Gasteiger partial charge in [-0.15, -0.1) is 0 Å². The number of piperidine rings is 1. The highest BCUT2D eigenvalue weighted by atomic mass is 16.2. The molecule has 1 saturated carbocycles. The lowest BCUT2D eigenvalue weighted by molar-refractivity contribution is -0.129. The van der Waals surface area contributed by atoms with E-state index in [9.17, 15) is 9.59 Å². The van der Waals surface area contributed by atoms with E-state index in [2.05, 4.69) is 35.1 Å². The molecule has 0 atom stereocenters. The Morgan fingerprint density at radius 3 is 2.58 bits per heavy atom. The number of hydrogen-bond donors (Lipinski definition) is 2. The average Bonchev–Trinajstić information content (AvgIpc) is 3.21. The first-order valence-electron chi connectivity index (χ1n) is 11.4. The Bertz CT molecular complexity index is 1180. The molecular weight excluding hydrogens is 420 g/mol. The molecule has 2 N–H and O–H groups in total. The van der Waals surface area contributed by atoms with E-state index in [4.69, 9.17) is 0 Å². The van der Waals surface area contributed by atoms with Crippen LogP contribution >= 0.6 is 0 Å². The summed E-state index contributed by atoms with van der Waals surface area (Å²) in [6, 6.07) is 6.04. The second kappa shape index (κ2) is 8.76. The van der Waals surface area contributed by atoms with Gasteiger partial charge in [0.05, 0.1) is 6.33 Å². The molecule has 0 bridgehead atoms. The molecule has 10 heteroatoms. The molecule has 0 radical (unpaired) electrons. The maximum absolute atomic E-state index is 12.5. The van der Waals surface area contributed by atoms with E-state index < -0.39 is 0 Å². The van der Waals surface area contributed by atoms with Gasteiger partial charge in [-0.2, -0.15) is 0 Å². The van der Waals surface area contributed by atoms with Crippen LogP contribution in [0.5, 0.6) is 0 Å². The lowest BCUT2D eigenvalue weighted by atomic mass is 9.86. The molecule has 4 heterocycles. The third-order valence-corrected chi connectivity index (χ3v) is 6.60. The van der Waals surface area contributed by atoms with Crippen molar-refractivity contribution >= 4 is 28.8 Å². The minimum Gasteiger partial charge on any atom is -0.365 e. The van der Waals surface area contributed by atoms with E-state index in [0.29, 0.717) is 5.69 Å². The van der Waals surface area contributed by atoms with Crippen LogP contribution in [0.2, 0.25) is 0 Å². The molecule has 2 aliphatic rings. The van der Waals surface area contributed by atoms with Crippen LogP contribution in [0.3, 0.4) is 0 Å². The molecule has 172 valence electrons. The van der Waals surface area contributed by atoms with Gasteiger partial charge in [-0.05, 0) is 44.7 Å². The Hall–Kier alpha value is -3.56. The lowest BCUT2D eigenvalue weighted by Gasteiger charge is -2.36. The van der Waals surface area contributed by atoms with Gasteiger partial charge in [0.2, 0.25) is 5.91 Å². The van der Waals surface area contributed by atoms with E-state index in [1.165, 1.54) is 0 Å². The first-order chi connectivity index (χ1) is 16.0. The highest BCUT2D eigenvalue weighted by Gasteiger charge is 2.33. The van der Waals surface area contributed by atoms with Crippen LogP contribution in [-0.2, 0) is 4.79 Å². The quantitative estimate of drug-likeness (QED) is 0.614. The summed E-state index contributed by atoms with van der Waals surface area (Å²) in [5.74, 6) is 0.721. The fourth-order valence-corrected chi connectivity index (χ4v) is 4.62. The van der Waals surface area contributed by atoms with Gasteiger partial charge in [0, 0.05) is 43.8 Å². The first-order valence-corrected chi connectivity index (χ1v) is 11.4. The maximum atomic E-state index is 12.5. The van der Waals surface area contributed by atoms with Crippen LogP contribution in [0.15, 0.2) is 30.9 Å². The number of hydrogen-bond acceptors (Lipinski definition) is 7. The largest absolute Gasteiger partial charge is 0.365 e. The lowest BCUT2D eigenvalue weighted by Crippen LogP contribution is -2.45. The summed E-state index contributed by atoms with van der Waals surface area (Å²) in [6.45, 7) is 5.00. The van der Waals surface area contributed by atoms with Crippen molar-refractivity contribution in [1.29, 1.82) is 0 Å². The average molecular weight is 449 g/mol. The Labute approximate surface area is 191 Å². The molecule has 0 aromatic carbocycles. The van der Waals surface area contributed by atoms with E-state index >= 15 is 0 Å². The van der Waals surface area contributed by atoms with Crippen molar-refractivity contribution in [2.75, 3.05) is 18.4 Å². The number of aryl methyl sites for hydroxylation is 1. The standard InChI is InChI=1S/C23H28N8O2/c1-14-4-3-5-19(27-14)23(33)29-17-10-18(11-17)31-13-26-20-21(24-12-25-22(20)31)28-16-6-8-30(9-7-16)15(2)32/h3-5,12-13,16-18H,6-11H2,1-2H3,(H,29,33)(H,24,25,28). The SMILES string of the molecule is CC(=O)N1CCC(Nc2ncnc3c2ncn3C2CC(NC(=O)c3cccc(C)n3)C2)CC1. The van der Waals surface area contributed by atoms with E-state index in [1.54, 1.807) is 19.3 Å². The monoisotopic (exact) mass is 448 g/mol. The van der Waals surface area contributed by atoms with Crippen molar-refractivity contribution in [2.45, 2.75) is 57.7 Å². The number of carbonyl (C=O) groups excluding carboxylic acids is 2. The van der Waals surface area contributed by atoms with Gasteiger partial charge in [0.15, 0.2) is 11.5 Å². The van der Waals surface area contributed by atoms with Crippen molar-refractivity contribution in [2.24, 2.45) is 0 Å². The number of carbonyl (C=O) groups is 2. The van der Waals surface area contributed by atoms with Gasteiger partial charge in [-0.3, -0.25) is 9.59 Å². The van der Waals surface area contributed by atoms with Crippen molar-refractivity contribution in [3.8, 4) is 0 Å². The summed E-state index contributed by atoms with van der Waals surface area (Å²) >= 11 is 0. The highest BCUT2D eigenvalue weighted by Crippen LogP contribution is 2.35. The molecule has 1 aliphatic carbocycles. The molecule has 5 rings (SSSR count). The molecule has 33 heavy (non-hydrogen) atoms. The van der Waals surface area contributed by atoms with Crippen LogP contribution < -0.4 is 10.6 Å². The van der Waals surface area contributed by atoms with E-state index in [-0.39, 0.29) is 29.9 Å². The third kappa shape index (κ3) is 4.37. The van der Waals surface area contributed by atoms with Gasteiger partial charge in [-0.1, -0.05) is 6.07 Å². The van der Waals surface area contributed by atoms with Gasteiger partial charge >= 0.3 is 0 Å². The van der Waals surface area contributed by atoms with E-state index in [1.807, 2.05) is 30.3 Å². The van der Waals surface area contributed by atoms with Crippen molar-refractivity contribution in [3.63, 3.8) is 0 Å². The number of pyridine rings is 1. The fourth-order valence-electron chi connectivity index (χ4n) is 4.62. The van der Waals surface area contributed by atoms with Crippen LogP contribution in [-0.4, -0.2) is 66.4 Å². The first kappa shape index (κ1) is 21.3. The minimum absolute atomic E-state index is 0.105. The Morgan fingerprint density at radius 2 is 1.85 bits per heavy atom. The summed E-state index contributed by atoms with van der Waals surface area (Å²) in [5.41, 5.74) is 2.82. The Kier molecular flexibility index (Phi) is 5.65. The summed E-state index contributed by atoms with van der Waals surface area (Å²) < 4.78 is 2.08. The highest BCUT2D eigenvalue weighted by molar-refractivity contribution is 5.92. The van der Waals surface area contributed by atoms with E-state index in [0.717, 1.165) is 61.4 Å². The van der Waals surface area contributed by atoms with Gasteiger partial charge in [-0.25, -0.2) is 19.9 Å². The number of imidazole rings is 1. The topological polar surface area (TPSA) is 118 Å². The number of aromatic nitrogens is 5. The van der Waals surface area contributed by atoms with Crippen molar-refractivity contribution < 1.29 is 9.59 Å². The number of amides is 2.